The number of carbonyl (C=O) groups excluding carboxylic acids is 1. The second kappa shape index (κ2) is 9.68. The van der Waals surface area contributed by atoms with Gasteiger partial charge in [-0.1, -0.05) is 11.6 Å². The zero-order valence-electron chi connectivity index (χ0n) is 16.6. The number of rotatable bonds is 6. The fourth-order valence-corrected chi connectivity index (χ4v) is 3.92. The quantitative estimate of drug-likeness (QED) is 0.647. The number of halogens is 2. The smallest absolute Gasteiger partial charge is 0.229 e. The Morgan fingerprint density at radius 3 is 2.90 bits per heavy atom. The normalized spacial score (nSPS) is 19.6. The van der Waals surface area contributed by atoms with Crippen LogP contribution in [0.5, 0.6) is 0 Å². The van der Waals surface area contributed by atoms with Gasteiger partial charge in [-0.25, -0.2) is 14.4 Å². The number of hydrogen-bond acceptors (Lipinski definition) is 6. The maximum Gasteiger partial charge on any atom is 0.229 e. The lowest BCUT2D eigenvalue weighted by atomic mass is 10.0. The van der Waals surface area contributed by atoms with Gasteiger partial charge in [0.2, 0.25) is 5.91 Å². The van der Waals surface area contributed by atoms with E-state index in [1.54, 1.807) is 12.1 Å². The predicted octanol–water partition coefficient (Wildman–Crippen LogP) is 3.32. The minimum absolute atomic E-state index is 0.0733. The van der Waals surface area contributed by atoms with E-state index in [1.807, 2.05) is 0 Å². The van der Waals surface area contributed by atoms with E-state index in [1.165, 1.54) is 12.3 Å². The van der Waals surface area contributed by atoms with Gasteiger partial charge in [0.15, 0.2) is 11.6 Å². The SMILES string of the molecule is O=C(Nc1cc(-c2ccc(F)c(NCC3CCOCC3)n2)c(Cl)cn1)C1CCNC1. The number of hydrogen-bond donors (Lipinski definition) is 3. The van der Waals surface area contributed by atoms with Crippen LogP contribution in [0, 0.1) is 17.7 Å². The highest BCUT2D eigenvalue weighted by atomic mass is 35.5. The fraction of sp³-hybridized carbons (Fsp3) is 0.476. The van der Waals surface area contributed by atoms with Crippen molar-refractivity contribution in [3.8, 4) is 11.3 Å². The second-order valence-corrected chi connectivity index (χ2v) is 8.10. The van der Waals surface area contributed by atoms with Gasteiger partial charge >= 0.3 is 0 Å². The lowest BCUT2D eigenvalue weighted by Crippen LogP contribution is -2.25. The van der Waals surface area contributed by atoms with Gasteiger partial charge in [0.25, 0.3) is 0 Å². The Morgan fingerprint density at radius 2 is 2.13 bits per heavy atom. The van der Waals surface area contributed by atoms with E-state index in [4.69, 9.17) is 16.3 Å². The first-order valence-corrected chi connectivity index (χ1v) is 10.6. The van der Waals surface area contributed by atoms with Gasteiger partial charge in [-0.2, -0.15) is 0 Å². The molecule has 3 N–H and O–H groups in total. The first-order valence-electron chi connectivity index (χ1n) is 10.3. The van der Waals surface area contributed by atoms with Crippen LogP contribution >= 0.6 is 11.6 Å². The number of nitrogens with zero attached hydrogens (tertiary/aromatic N) is 2. The molecule has 2 fully saturated rings. The molecule has 30 heavy (non-hydrogen) atoms. The lowest BCUT2D eigenvalue weighted by molar-refractivity contribution is -0.119. The maximum atomic E-state index is 14.3. The van der Waals surface area contributed by atoms with Crippen LogP contribution in [0.3, 0.4) is 0 Å². The molecule has 2 aromatic heterocycles. The summed E-state index contributed by atoms with van der Waals surface area (Å²) in [4.78, 5) is 21.0. The number of nitrogens with one attached hydrogen (secondary N) is 3. The predicted molar refractivity (Wildman–Crippen MR) is 114 cm³/mol. The Kier molecular flexibility index (Phi) is 6.76. The molecule has 1 atom stereocenters. The minimum Gasteiger partial charge on any atom is -0.381 e. The summed E-state index contributed by atoms with van der Waals surface area (Å²) in [5, 5.41) is 9.51. The van der Waals surface area contributed by atoms with Crippen LogP contribution in [0.15, 0.2) is 24.4 Å². The van der Waals surface area contributed by atoms with E-state index in [9.17, 15) is 9.18 Å². The molecular formula is C21H25ClFN5O2. The highest BCUT2D eigenvalue weighted by Gasteiger charge is 2.23. The molecule has 9 heteroatoms. The van der Waals surface area contributed by atoms with E-state index >= 15 is 0 Å². The Bertz CT molecular complexity index is 901. The van der Waals surface area contributed by atoms with Gasteiger partial charge in [0.1, 0.15) is 5.82 Å². The van der Waals surface area contributed by atoms with Crippen molar-refractivity contribution in [1.29, 1.82) is 0 Å². The molecule has 2 saturated heterocycles. The van der Waals surface area contributed by atoms with Crippen LogP contribution < -0.4 is 16.0 Å². The summed E-state index contributed by atoms with van der Waals surface area (Å²) >= 11 is 6.33. The summed E-state index contributed by atoms with van der Waals surface area (Å²) in [5.41, 5.74) is 1.09. The molecule has 0 saturated carbocycles. The molecule has 0 aliphatic carbocycles. The number of ether oxygens (including phenoxy) is 1. The zero-order chi connectivity index (χ0) is 20.9. The molecule has 4 heterocycles. The van der Waals surface area contributed by atoms with E-state index < -0.39 is 5.82 Å². The summed E-state index contributed by atoms with van der Waals surface area (Å²) < 4.78 is 19.7. The second-order valence-electron chi connectivity index (χ2n) is 7.69. The van der Waals surface area contributed by atoms with Crippen LogP contribution in [-0.2, 0) is 9.53 Å². The minimum atomic E-state index is -0.418. The van der Waals surface area contributed by atoms with Crippen LogP contribution in [0.1, 0.15) is 19.3 Å². The average Bonchev–Trinajstić information content (AvgIpc) is 3.30. The van der Waals surface area contributed by atoms with Crippen molar-refractivity contribution in [2.75, 3.05) is 43.5 Å². The summed E-state index contributed by atoms with van der Waals surface area (Å²) in [5.74, 6) is 0.449. The molecule has 0 spiro atoms. The zero-order valence-corrected chi connectivity index (χ0v) is 17.3. The van der Waals surface area contributed by atoms with Gasteiger partial charge in [-0.3, -0.25) is 4.79 Å². The molecule has 7 nitrogen and oxygen atoms in total. The molecule has 1 amide bonds. The topological polar surface area (TPSA) is 88.2 Å². The Labute approximate surface area is 179 Å². The van der Waals surface area contributed by atoms with Crippen LogP contribution in [-0.4, -0.2) is 48.7 Å². The van der Waals surface area contributed by atoms with Crippen molar-refractivity contribution in [2.24, 2.45) is 11.8 Å². The average molecular weight is 434 g/mol. The van der Waals surface area contributed by atoms with Crippen LogP contribution in [0.4, 0.5) is 16.0 Å². The Hall–Kier alpha value is -2.29. The van der Waals surface area contributed by atoms with Crippen molar-refractivity contribution < 1.29 is 13.9 Å². The van der Waals surface area contributed by atoms with Crippen LogP contribution in [0.25, 0.3) is 11.3 Å². The molecule has 2 aliphatic rings. The molecule has 160 valence electrons. The highest BCUT2D eigenvalue weighted by Crippen LogP contribution is 2.30. The van der Waals surface area contributed by atoms with Gasteiger partial charge in [0, 0.05) is 38.1 Å². The third-order valence-corrected chi connectivity index (χ3v) is 5.86. The molecule has 1 unspecified atom stereocenters. The molecule has 0 aromatic carbocycles. The largest absolute Gasteiger partial charge is 0.381 e. The standard InChI is InChI=1S/C21H25ClFN5O2/c22-16-12-25-19(28-21(29)14-3-6-24-11-14)9-15(16)18-2-1-17(23)20(27-18)26-10-13-4-7-30-8-5-13/h1-2,9,12-14,24H,3-8,10-11H2,(H,26,27)(H,25,28,29). The molecule has 2 aromatic rings. The maximum absolute atomic E-state index is 14.3. The summed E-state index contributed by atoms with van der Waals surface area (Å²) in [6.07, 6.45) is 4.17. The van der Waals surface area contributed by atoms with Crippen molar-refractivity contribution in [2.45, 2.75) is 19.3 Å². The van der Waals surface area contributed by atoms with E-state index in [0.29, 0.717) is 41.1 Å². The van der Waals surface area contributed by atoms with Crippen molar-refractivity contribution >= 4 is 29.1 Å². The molecular weight excluding hydrogens is 409 g/mol. The van der Waals surface area contributed by atoms with Gasteiger partial charge in [0.05, 0.1) is 16.6 Å². The van der Waals surface area contributed by atoms with Crippen LogP contribution in [0.2, 0.25) is 5.02 Å². The summed E-state index contributed by atoms with van der Waals surface area (Å²) in [6.45, 7) is 3.60. The van der Waals surface area contributed by atoms with Gasteiger partial charge in [-0.15, -0.1) is 0 Å². The van der Waals surface area contributed by atoms with Crippen molar-refractivity contribution in [1.82, 2.24) is 15.3 Å². The Balaban J connectivity index is 1.50. The molecule has 0 bridgehead atoms. The highest BCUT2D eigenvalue weighted by molar-refractivity contribution is 6.33. The van der Waals surface area contributed by atoms with Gasteiger partial charge in [-0.05, 0) is 49.9 Å². The van der Waals surface area contributed by atoms with Gasteiger partial charge < -0.3 is 20.7 Å². The number of anilines is 2. The number of carbonyl (C=O) groups is 1. The number of pyridine rings is 2. The monoisotopic (exact) mass is 433 g/mol. The first kappa shape index (κ1) is 21.0. The molecule has 2 aliphatic heterocycles. The van der Waals surface area contributed by atoms with Crippen molar-refractivity contribution in [3.05, 3.63) is 35.2 Å². The van der Waals surface area contributed by atoms with E-state index in [0.717, 1.165) is 39.0 Å². The first-order chi connectivity index (χ1) is 14.6. The third-order valence-electron chi connectivity index (χ3n) is 5.56. The van der Waals surface area contributed by atoms with E-state index in [2.05, 4.69) is 25.9 Å². The van der Waals surface area contributed by atoms with Crippen molar-refractivity contribution in [3.63, 3.8) is 0 Å². The van der Waals surface area contributed by atoms with E-state index in [-0.39, 0.29) is 17.6 Å². The Morgan fingerprint density at radius 1 is 1.30 bits per heavy atom. The lowest BCUT2D eigenvalue weighted by Gasteiger charge is -2.22. The molecule has 4 rings (SSSR count). The summed E-state index contributed by atoms with van der Waals surface area (Å²) in [6, 6.07) is 4.61. The molecule has 0 radical (unpaired) electrons. The third kappa shape index (κ3) is 5.06. The number of amides is 1. The fourth-order valence-electron chi connectivity index (χ4n) is 3.72. The summed E-state index contributed by atoms with van der Waals surface area (Å²) in [7, 11) is 0. The number of aromatic nitrogens is 2.